The summed E-state index contributed by atoms with van der Waals surface area (Å²) in [5, 5.41) is 8.87. The van der Waals surface area contributed by atoms with Gasteiger partial charge in [0.05, 0.1) is 5.92 Å². The van der Waals surface area contributed by atoms with Gasteiger partial charge >= 0.3 is 5.97 Å². The van der Waals surface area contributed by atoms with Crippen LogP contribution in [-0.4, -0.2) is 41.0 Å². The Balaban J connectivity index is 2.38. The topological polar surface area (TPSA) is 83.6 Å². The first-order chi connectivity index (χ1) is 8.12. The summed E-state index contributed by atoms with van der Waals surface area (Å²) in [6.07, 6.45) is 0.331. The predicted octanol–water partition coefficient (Wildman–Crippen LogP) is 0.929. The van der Waals surface area contributed by atoms with Crippen LogP contribution in [0.15, 0.2) is 0 Å². The van der Waals surface area contributed by atoms with E-state index in [0.717, 1.165) is 0 Å². The Kier molecular flexibility index (Phi) is 4.37. The standard InChI is InChI=1S/C13H24N2O3/c1-8(12(17)18)9-6-15(7-9)11(16)5-10(14)13(2,3)4/h8-10H,5-7,14H2,1-4H3,(H,17,18). The Hall–Kier alpha value is -1.10. The Bertz CT molecular complexity index is 330. The number of aliphatic carboxylic acids is 1. The number of hydrogen-bond acceptors (Lipinski definition) is 3. The van der Waals surface area contributed by atoms with Crippen molar-refractivity contribution in [1.29, 1.82) is 0 Å². The fourth-order valence-corrected chi connectivity index (χ4v) is 1.86. The smallest absolute Gasteiger partial charge is 0.306 e. The first kappa shape index (κ1) is 15.0. The van der Waals surface area contributed by atoms with E-state index in [1.165, 1.54) is 0 Å². The summed E-state index contributed by atoms with van der Waals surface area (Å²) in [5.74, 6) is -1.06. The van der Waals surface area contributed by atoms with Gasteiger partial charge in [0, 0.05) is 31.5 Å². The second-order valence-electron chi connectivity index (χ2n) is 6.36. The van der Waals surface area contributed by atoms with E-state index >= 15 is 0 Å². The summed E-state index contributed by atoms with van der Waals surface area (Å²) < 4.78 is 0. The van der Waals surface area contributed by atoms with Crippen LogP contribution in [-0.2, 0) is 9.59 Å². The third kappa shape index (κ3) is 3.45. The van der Waals surface area contributed by atoms with Gasteiger partial charge in [0.1, 0.15) is 0 Å². The molecule has 1 amide bonds. The number of carboxylic acid groups (broad SMARTS) is 1. The average molecular weight is 256 g/mol. The van der Waals surface area contributed by atoms with E-state index in [0.29, 0.717) is 19.5 Å². The molecule has 1 rings (SSSR count). The van der Waals surface area contributed by atoms with Gasteiger partial charge in [-0.25, -0.2) is 0 Å². The average Bonchev–Trinajstić information content (AvgIpc) is 2.13. The summed E-state index contributed by atoms with van der Waals surface area (Å²) in [6, 6.07) is -0.166. The Morgan fingerprint density at radius 1 is 1.39 bits per heavy atom. The Morgan fingerprint density at radius 3 is 2.28 bits per heavy atom. The molecule has 0 aromatic carbocycles. The summed E-state index contributed by atoms with van der Waals surface area (Å²) >= 11 is 0. The summed E-state index contributed by atoms with van der Waals surface area (Å²) in [6.45, 7) is 8.81. The lowest BCUT2D eigenvalue weighted by atomic mass is 9.83. The maximum atomic E-state index is 11.9. The number of hydrogen-bond donors (Lipinski definition) is 2. The number of nitrogens with zero attached hydrogens (tertiary/aromatic N) is 1. The van der Waals surface area contributed by atoms with Crippen LogP contribution >= 0.6 is 0 Å². The van der Waals surface area contributed by atoms with Crippen molar-refractivity contribution in [3.8, 4) is 0 Å². The zero-order valence-electron chi connectivity index (χ0n) is 11.6. The van der Waals surface area contributed by atoms with Gasteiger partial charge in [-0.15, -0.1) is 0 Å². The minimum atomic E-state index is -0.793. The van der Waals surface area contributed by atoms with Gasteiger partial charge in [-0.3, -0.25) is 9.59 Å². The first-order valence-corrected chi connectivity index (χ1v) is 6.39. The molecular weight excluding hydrogens is 232 g/mol. The minimum absolute atomic E-state index is 0.0336. The molecule has 1 aliphatic rings. The molecule has 5 nitrogen and oxygen atoms in total. The fraction of sp³-hybridized carbons (Fsp3) is 0.846. The SMILES string of the molecule is CC(C(=O)O)C1CN(C(=O)CC(N)C(C)(C)C)C1. The third-order valence-corrected chi connectivity index (χ3v) is 3.87. The third-order valence-electron chi connectivity index (χ3n) is 3.87. The zero-order valence-corrected chi connectivity index (χ0v) is 11.6. The van der Waals surface area contributed by atoms with Crippen molar-refractivity contribution in [1.82, 2.24) is 4.90 Å². The van der Waals surface area contributed by atoms with E-state index in [2.05, 4.69) is 0 Å². The van der Waals surface area contributed by atoms with Crippen LogP contribution in [0.1, 0.15) is 34.1 Å². The van der Waals surface area contributed by atoms with E-state index in [1.54, 1.807) is 11.8 Å². The van der Waals surface area contributed by atoms with E-state index < -0.39 is 5.97 Å². The van der Waals surface area contributed by atoms with Gasteiger partial charge in [-0.2, -0.15) is 0 Å². The molecule has 0 spiro atoms. The first-order valence-electron chi connectivity index (χ1n) is 6.39. The number of carbonyl (C=O) groups excluding carboxylic acids is 1. The fourth-order valence-electron chi connectivity index (χ4n) is 1.86. The number of carboxylic acids is 1. The summed E-state index contributed by atoms with van der Waals surface area (Å²) in [7, 11) is 0. The molecule has 1 aliphatic heterocycles. The highest BCUT2D eigenvalue weighted by Gasteiger charge is 2.38. The van der Waals surface area contributed by atoms with E-state index in [4.69, 9.17) is 10.8 Å². The lowest BCUT2D eigenvalue weighted by Gasteiger charge is -2.42. The van der Waals surface area contributed by atoms with Crippen molar-refractivity contribution in [3.05, 3.63) is 0 Å². The molecule has 104 valence electrons. The molecule has 1 heterocycles. The lowest BCUT2D eigenvalue weighted by molar-refractivity contribution is -0.150. The van der Waals surface area contributed by atoms with E-state index in [-0.39, 0.29) is 29.2 Å². The largest absolute Gasteiger partial charge is 0.481 e. The minimum Gasteiger partial charge on any atom is -0.481 e. The molecule has 0 aromatic heterocycles. The molecule has 0 saturated carbocycles. The molecule has 0 bridgehead atoms. The highest BCUT2D eigenvalue weighted by Crippen LogP contribution is 2.26. The number of nitrogens with two attached hydrogens (primary N) is 1. The van der Waals surface area contributed by atoms with Crippen LogP contribution in [0, 0.1) is 17.3 Å². The normalized spacial score (nSPS) is 20.2. The molecular formula is C13H24N2O3. The van der Waals surface area contributed by atoms with Crippen LogP contribution < -0.4 is 5.73 Å². The van der Waals surface area contributed by atoms with Gasteiger partial charge in [0.25, 0.3) is 0 Å². The van der Waals surface area contributed by atoms with Gasteiger partial charge < -0.3 is 15.7 Å². The molecule has 2 atom stereocenters. The highest BCUT2D eigenvalue weighted by atomic mass is 16.4. The van der Waals surface area contributed by atoms with Gasteiger partial charge in [-0.05, 0) is 5.41 Å². The summed E-state index contributed by atoms with van der Waals surface area (Å²) in [4.78, 5) is 24.4. The van der Waals surface area contributed by atoms with Gasteiger partial charge in [0.2, 0.25) is 5.91 Å². The van der Waals surface area contributed by atoms with E-state index in [9.17, 15) is 9.59 Å². The highest BCUT2D eigenvalue weighted by molar-refractivity contribution is 5.78. The molecule has 1 saturated heterocycles. The van der Waals surface area contributed by atoms with Crippen molar-refractivity contribution in [2.45, 2.75) is 40.2 Å². The van der Waals surface area contributed by atoms with Crippen molar-refractivity contribution in [2.24, 2.45) is 23.0 Å². The molecule has 3 N–H and O–H groups in total. The monoisotopic (exact) mass is 256 g/mol. The summed E-state index contributed by atoms with van der Waals surface area (Å²) in [5.41, 5.74) is 5.88. The van der Waals surface area contributed by atoms with Gasteiger partial charge in [0.15, 0.2) is 0 Å². The molecule has 0 aliphatic carbocycles. The van der Waals surface area contributed by atoms with Gasteiger partial charge in [-0.1, -0.05) is 27.7 Å². The van der Waals surface area contributed by atoms with Crippen molar-refractivity contribution in [3.63, 3.8) is 0 Å². The Morgan fingerprint density at radius 2 is 1.89 bits per heavy atom. The number of carbonyl (C=O) groups is 2. The second-order valence-corrected chi connectivity index (χ2v) is 6.36. The second kappa shape index (κ2) is 5.26. The maximum Gasteiger partial charge on any atom is 0.306 e. The maximum absolute atomic E-state index is 11.9. The molecule has 1 fully saturated rings. The zero-order chi connectivity index (χ0) is 14.1. The number of likely N-dealkylation sites (tertiary alicyclic amines) is 1. The van der Waals surface area contributed by atoms with Crippen LogP contribution in [0.3, 0.4) is 0 Å². The van der Waals surface area contributed by atoms with Crippen molar-refractivity contribution < 1.29 is 14.7 Å². The molecule has 0 radical (unpaired) electrons. The molecule has 18 heavy (non-hydrogen) atoms. The predicted molar refractivity (Wildman–Crippen MR) is 68.9 cm³/mol. The van der Waals surface area contributed by atoms with Crippen molar-refractivity contribution >= 4 is 11.9 Å². The lowest BCUT2D eigenvalue weighted by Crippen LogP contribution is -2.55. The van der Waals surface area contributed by atoms with Crippen LogP contribution in [0.2, 0.25) is 0 Å². The molecule has 0 aromatic rings. The van der Waals surface area contributed by atoms with Crippen LogP contribution in [0.4, 0.5) is 0 Å². The quantitative estimate of drug-likeness (QED) is 0.783. The number of rotatable bonds is 4. The van der Waals surface area contributed by atoms with Crippen LogP contribution in [0.25, 0.3) is 0 Å². The van der Waals surface area contributed by atoms with E-state index in [1.807, 2.05) is 20.8 Å². The van der Waals surface area contributed by atoms with Crippen molar-refractivity contribution in [2.75, 3.05) is 13.1 Å². The van der Waals surface area contributed by atoms with Crippen LogP contribution in [0.5, 0.6) is 0 Å². The molecule has 5 heteroatoms. The number of amides is 1. The Labute approximate surface area is 108 Å². The molecule has 2 unspecified atom stereocenters.